The molecule has 0 radical (unpaired) electrons. The first kappa shape index (κ1) is 29.0. The number of hydrogen-bond donors (Lipinski definition) is 3. The third-order valence-electron chi connectivity index (χ3n) is 7.79. The number of rotatable bonds is 9. The van der Waals surface area contributed by atoms with Crippen molar-refractivity contribution in [3.63, 3.8) is 0 Å². The lowest BCUT2D eigenvalue weighted by Gasteiger charge is -2.33. The number of allylic oxidation sites excluding steroid dienone is 1. The number of halogens is 1. The quantitative estimate of drug-likeness (QED) is 0.252. The summed E-state index contributed by atoms with van der Waals surface area (Å²) >= 11 is 0. The summed E-state index contributed by atoms with van der Waals surface area (Å²) in [4.78, 5) is 13.2. The number of imidazole rings is 1. The summed E-state index contributed by atoms with van der Waals surface area (Å²) < 4.78 is 55.8. The lowest BCUT2D eigenvalue weighted by atomic mass is 9.92. The highest BCUT2D eigenvalue weighted by atomic mass is 32.2. The van der Waals surface area contributed by atoms with Crippen LogP contribution in [0, 0.1) is 5.82 Å². The smallest absolute Gasteiger partial charge is 0.263 e. The molecule has 2 aliphatic rings. The number of sulfonamides is 1. The van der Waals surface area contributed by atoms with Crippen LogP contribution in [0.5, 0.6) is 5.88 Å². The van der Waals surface area contributed by atoms with Gasteiger partial charge in [-0.3, -0.25) is 9.12 Å². The molecule has 0 amide bonds. The predicted octanol–water partition coefficient (Wildman–Crippen LogP) is 4.37. The molecule has 43 heavy (non-hydrogen) atoms. The minimum absolute atomic E-state index is 0.0352. The van der Waals surface area contributed by atoms with E-state index in [1.165, 1.54) is 31.4 Å². The van der Waals surface area contributed by atoms with Gasteiger partial charge in [-0.15, -0.1) is 0 Å². The van der Waals surface area contributed by atoms with Crippen LogP contribution in [0.2, 0.25) is 0 Å². The average molecular weight is 608 g/mol. The fourth-order valence-corrected chi connectivity index (χ4v) is 6.47. The van der Waals surface area contributed by atoms with E-state index in [0.717, 1.165) is 55.8 Å². The third-order valence-corrected chi connectivity index (χ3v) is 9.14. The number of benzene rings is 1. The standard InChI is InChI=1S/C30H34FN7O4S/c1-17(2)30-36-27(19-6-10-24(23(31)12-19)37-43(39,40)22-9-11-26(41-3)33-13-22)28-29(32)34-14-25(38(28)30)18-4-7-20(8-5-18)35-21-15-42-16-21/h4,6,9-14,17,20-21,35,37H,5,7-8,15-16H2,1-3H3,(H2,32,34)/t20-/m1/s1. The van der Waals surface area contributed by atoms with Crippen LogP contribution < -0.4 is 20.5 Å². The second kappa shape index (κ2) is 11.5. The SMILES string of the molecule is COc1ccc(S(=O)(=O)Nc2ccc(-c3nc(C(C)C)n4c(C5=CC[C@@H](NC6COC6)CC5)cnc(N)c34)cc2F)cn1. The van der Waals surface area contributed by atoms with E-state index >= 15 is 4.39 Å². The number of nitrogens with zero attached hydrogens (tertiary/aromatic N) is 4. The molecule has 1 aromatic carbocycles. The van der Waals surface area contributed by atoms with Crippen molar-refractivity contribution < 1.29 is 22.3 Å². The molecule has 3 aromatic heterocycles. The van der Waals surface area contributed by atoms with E-state index < -0.39 is 15.8 Å². The Hall–Kier alpha value is -4.07. The normalized spacial score (nSPS) is 17.6. The molecule has 0 bridgehead atoms. The molecule has 1 aliphatic carbocycles. The van der Waals surface area contributed by atoms with Gasteiger partial charge in [0.15, 0.2) is 0 Å². The van der Waals surface area contributed by atoms with E-state index in [1.807, 2.05) is 18.2 Å². The van der Waals surface area contributed by atoms with Gasteiger partial charge in [-0.05, 0) is 43.0 Å². The van der Waals surface area contributed by atoms with E-state index in [4.69, 9.17) is 20.2 Å². The highest BCUT2D eigenvalue weighted by Gasteiger charge is 2.27. The van der Waals surface area contributed by atoms with Crippen molar-refractivity contribution in [2.24, 2.45) is 0 Å². The number of nitrogens with one attached hydrogen (secondary N) is 2. The largest absolute Gasteiger partial charge is 0.481 e. The summed E-state index contributed by atoms with van der Waals surface area (Å²) in [7, 11) is -2.66. The fourth-order valence-electron chi connectivity index (χ4n) is 5.46. The molecule has 1 saturated heterocycles. The number of aromatic nitrogens is 4. The van der Waals surface area contributed by atoms with E-state index in [1.54, 1.807) is 12.3 Å². The summed E-state index contributed by atoms with van der Waals surface area (Å²) in [5, 5.41) is 3.66. The zero-order valence-corrected chi connectivity index (χ0v) is 25.0. The minimum Gasteiger partial charge on any atom is -0.481 e. The van der Waals surface area contributed by atoms with Gasteiger partial charge in [-0.2, -0.15) is 0 Å². The number of pyridine rings is 1. The highest BCUT2D eigenvalue weighted by molar-refractivity contribution is 7.92. The molecule has 0 unspecified atom stereocenters. The molecule has 4 aromatic rings. The van der Waals surface area contributed by atoms with Crippen molar-refractivity contribution in [1.29, 1.82) is 0 Å². The van der Waals surface area contributed by atoms with Gasteiger partial charge in [-0.1, -0.05) is 26.0 Å². The van der Waals surface area contributed by atoms with Crippen molar-refractivity contribution in [1.82, 2.24) is 24.7 Å². The first-order chi connectivity index (χ1) is 20.6. The molecule has 1 aliphatic heterocycles. The zero-order chi connectivity index (χ0) is 30.3. The molecular formula is C30H34FN7O4S. The average Bonchev–Trinajstić information content (AvgIpc) is 3.39. The maximum atomic E-state index is 15.4. The Kier molecular flexibility index (Phi) is 7.79. The monoisotopic (exact) mass is 607 g/mol. The Morgan fingerprint density at radius 3 is 2.56 bits per heavy atom. The molecule has 1 atom stereocenters. The predicted molar refractivity (Wildman–Crippen MR) is 162 cm³/mol. The van der Waals surface area contributed by atoms with Crippen LogP contribution in [0.4, 0.5) is 15.9 Å². The molecular weight excluding hydrogens is 573 g/mol. The lowest BCUT2D eigenvalue weighted by Crippen LogP contribution is -2.50. The third kappa shape index (κ3) is 5.67. The number of hydrogen-bond acceptors (Lipinski definition) is 9. The van der Waals surface area contributed by atoms with Gasteiger partial charge in [-0.25, -0.2) is 27.8 Å². The molecule has 6 rings (SSSR count). The van der Waals surface area contributed by atoms with Crippen molar-refractivity contribution in [2.75, 3.05) is 30.8 Å². The van der Waals surface area contributed by atoms with E-state index in [9.17, 15) is 8.42 Å². The van der Waals surface area contributed by atoms with Crippen LogP contribution in [0.3, 0.4) is 0 Å². The van der Waals surface area contributed by atoms with E-state index in [-0.39, 0.29) is 28.2 Å². The first-order valence-electron chi connectivity index (χ1n) is 14.2. The van der Waals surface area contributed by atoms with Crippen LogP contribution >= 0.6 is 0 Å². The van der Waals surface area contributed by atoms with Crippen LogP contribution in [-0.2, 0) is 14.8 Å². The number of nitrogens with two attached hydrogens (primary N) is 1. The summed E-state index contributed by atoms with van der Waals surface area (Å²) in [6, 6.07) is 7.82. The Balaban J connectivity index is 1.34. The lowest BCUT2D eigenvalue weighted by molar-refractivity contribution is -0.0103. The molecule has 226 valence electrons. The number of methoxy groups -OCH3 is 1. The van der Waals surface area contributed by atoms with Crippen LogP contribution in [0.15, 0.2) is 53.7 Å². The van der Waals surface area contributed by atoms with Crippen molar-refractivity contribution in [3.05, 3.63) is 66.1 Å². The van der Waals surface area contributed by atoms with Gasteiger partial charge in [0.2, 0.25) is 5.88 Å². The number of anilines is 2. The van der Waals surface area contributed by atoms with Crippen molar-refractivity contribution >= 4 is 32.6 Å². The number of ether oxygens (including phenoxy) is 2. The molecule has 0 saturated carbocycles. The van der Waals surface area contributed by atoms with Crippen molar-refractivity contribution in [3.8, 4) is 17.1 Å². The Morgan fingerprint density at radius 2 is 1.95 bits per heavy atom. The second-order valence-corrected chi connectivity index (χ2v) is 12.8. The maximum Gasteiger partial charge on any atom is 0.263 e. The maximum absolute atomic E-state index is 15.4. The van der Waals surface area contributed by atoms with Crippen LogP contribution in [-0.4, -0.2) is 60.2 Å². The summed E-state index contributed by atoms with van der Waals surface area (Å²) in [5.74, 6) is 0.589. The Morgan fingerprint density at radius 1 is 1.14 bits per heavy atom. The van der Waals surface area contributed by atoms with Gasteiger partial charge in [0.05, 0.1) is 50.1 Å². The molecule has 4 heterocycles. The van der Waals surface area contributed by atoms with Gasteiger partial charge < -0.3 is 20.5 Å². The molecule has 13 heteroatoms. The second-order valence-electron chi connectivity index (χ2n) is 11.1. The summed E-state index contributed by atoms with van der Waals surface area (Å²) in [6.45, 7) is 5.61. The molecule has 11 nitrogen and oxygen atoms in total. The van der Waals surface area contributed by atoms with Crippen molar-refractivity contribution in [2.45, 2.75) is 56.0 Å². The van der Waals surface area contributed by atoms with Gasteiger partial charge in [0.25, 0.3) is 10.0 Å². The Labute approximate surface area is 249 Å². The number of nitrogen functional groups attached to an aromatic ring is 1. The highest BCUT2D eigenvalue weighted by Crippen LogP contribution is 2.36. The number of fused-ring (bicyclic) bond motifs is 1. The zero-order valence-electron chi connectivity index (χ0n) is 24.2. The van der Waals surface area contributed by atoms with Gasteiger partial charge in [0, 0.05) is 23.6 Å². The van der Waals surface area contributed by atoms with Gasteiger partial charge in [0.1, 0.15) is 33.6 Å². The molecule has 0 spiro atoms. The van der Waals surface area contributed by atoms with E-state index in [2.05, 4.69) is 26.1 Å². The van der Waals surface area contributed by atoms with Gasteiger partial charge >= 0.3 is 0 Å². The van der Waals surface area contributed by atoms with E-state index in [0.29, 0.717) is 28.9 Å². The van der Waals surface area contributed by atoms with Crippen LogP contribution in [0.25, 0.3) is 22.3 Å². The molecule has 1 fully saturated rings. The van der Waals surface area contributed by atoms with Crippen LogP contribution in [0.1, 0.15) is 50.5 Å². The topological polar surface area (TPSA) is 146 Å². The molecule has 4 N–H and O–H groups in total. The fraction of sp³-hybridized carbons (Fsp3) is 0.367. The summed E-state index contributed by atoms with van der Waals surface area (Å²) in [5.41, 5.74) is 9.81. The summed E-state index contributed by atoms with van der Waals surface area (Å²) in [6.07, 6.45) is 7.92. The Bertz CT molecular complexity index is 1800. The minimum atomic E-state index is -4.09. The first-order valence-corrected chi connectivity index (χ1v) is 15.7.